The van der Waals surface area contributed by atoms with Gasteiger partial charge in [-0.3, -0.25) is 71.9 Å². The van der Waals surface area contributed by atoms with Crippen molar-refractivity contribution < 1.29 is 143 Å². The molecule has 122 heavy (non-hydrogen) atoms. The zero-order chi connectivity index (χ0) is 95.0. The first-order valence-electron chi connectivity index (χ1n) is 43.8. The largest absolute Gasteiger partial charge is 0.466 e. The van der Waals surface area contributed by atoms with Gasteiger partial charge in [0.05, 0.1) is 180 Å². The van der Waals surface area contributed by atoms with Gasteiger partial charge in [0.2, 0.25) is 0 Å². The minimum absolute atomic E-state index is 0.0176. The predicted octanol–water partition coefficient (Wildman–Crippen LogP) is 15.4. The fourth-order valence-electron chi connectivity index (χ4n) is 19.9. The van der Waals surface area contributed by atoms with Crippen LogP contribution in [0.25, 0.3) is 0 Å². The minimum Gasteiger partial charge on any atom is -0.466 e. The number of ether oxygens (including phenoxy) is 15. The zero-order valence-corrected chi connectivity index (χ0v) is 80.5. The summed E-state index contributed by atoms with van der Waals surface area (Å²) in [5.74, 6) is -13.3. The molecule has 704 valence electrons. The van der Waals surface area contributed by atoms with E-state index in [0.29, 0.717) is 0 Å². The van der Waals surface area contributed by atoms with E-state index in [1.54, 1.807) is 90.0 Å². The van der Waals surface area contributed by atoms with E-state index in [4.69, 9.17) is 71.1 Å². The Morgan fingerprint density at radius 3 is 0.311 bits per heavy atom. The zero-order valence-electron chi connectivity index (χ0n) is 80.5. The lowest BCUT2D eigenvalue weighted by atomic mass is 9.55. The van der Waals surface area contributed by atoms with Crippen molar-refractivity contribution in [1.29, 1.82) is 0 Å². The molecule has 0 saturated carbocycles. The van der Waals surface area contributed by atoms with Crippen molar-refractivity contribution in [3.8, 4) is 0 Å². The van der Waals surface area contributed by atoms with E-state index >= 15 is 47.9 Å². The van der Waals surface area contributed by atoms with Crippen LogP contribution in [-0.4, -0.2) is 189 Å². The lowest BCUT2D eigenvalue weighted by Crippen LogP contribution is -2.52. The lowest BCUT2D eigenvalue weighted by molar-refractivity contribution is -0.179. The van der Waals surface area contributed by atoms with E-state index in [-0.39, 0.29) is 118 Å². The van der Waals surface area contributed by atoms with Crippen molar-refractivity contribution in [3.05, 3.63) is 0 Å². The van der Waals surface area contributed by atoms with Gasteiger partial charge in [-0.15, -0.1) is 0 Å². The Hall–Kier alpha value is -7.95. The van der Waals surface area contributed by atoms with Crippen LogP contribution in [0.3, 0.4) is 0 Å². The summed E-state index contributed by atoms with van der Waals surface area (Å²) in [4.78, 5) is 226. The van der Waals surface area contributed by atoms with Gasteiger partial charge in [0, 0.05) is 0 Å². The number of rotatable bonds is 59. The van der Waals surface area contributed by atoms with Gasteiger partial charge in [0.25, 0.3) is 0 Å². The Bertz CT molecular complexity index is 3480. The van der Waals surface area contributed by atoms with Gasteiger partial charge >= 0.3 is 89.5 Å². The molecule has 0 amide bonds. The molecule has 0 heterocycles. The fraction of sp³-hybridized carbons (Fsp3) is 0.837. The van der Waals surface area contributed by atoms with Gasteiger partial charge in [0.1, 0.15) is 0 Å². The molecular weight excluding hydrogens is 1580 g/mol. The first-order chi connectivity index (χ1) is 56.2. The number of carbonyl (C=O) groups excluding carboxylic acids is 15. The number of hydrogen-bond donors (Lipinski definition) is 0. The van der Waals surface area contributed by atoms with Gasteiger partial charge in [-0.25, -0.2) is 0 Å². The first kappa shape index (κ1) is 114. The molecule has 0 aliphatic rings. The maximum Gasteiger partial charge on any atom is 0.311 e. The smallest absolute Gasteiger partial charge is 0.311 e. The first-order valence-corrected chi connectivity index (χ1v) is 43.8. The molecule has 0 spiro atoms. The van der Waals surface area contributed by atoms with E-state index in [1.807, 2.05) is 0 Å². The highest BCUT2D eigenvalue weighted by atomic mass is 16.6. The van der Waals surface area contributed by atoms with Crippen molar-refractivity contribution >= 4 is 89.5 Å². The van der Waals surface area contributed by atoms with Gasteiger partial charge in [-0.05, 0) is 311 Å². The molecule has 30 nitrogen and oxygen atoms in total. The second kappa shape index (κ2) is 47.9. The van der Waals surface area contributed by atoms with E-state index in [1.165, 1.54) is 132 Å². The molecule has 0 fully saturated rings. The summed E-state index contributed by atoms with van der Waals surface area (Å²) in [5, 5.41) is 0. The summed E-state index contributed by atoms with van der Waals surface area (Å²) >= 11 is 0. The van der Waals surface area contributed by atoms with E-state index < -0.39 is 248 Å². The van der Waals surface area contributed by atoms with Crippen molar-refractivity contribution in [1.82, 2.24) is 0 Å². The summed E-state index contributed by atoms with van der Waals surface area (Å²) in [6.45, 7) is 46.2. The quantitative estimate of drug-likeness (QED) is 0.0403. The third kappa shape index (κ3) is 30.2. The van der Waals surface area contributed by atoms with E-state index in [9.17, 15) is 24.0 Å². The molecule has 30 heteroatoms. The highest BCUT2D eigenvalue weighted by Crippen LogP contribution is 2.60. The molecule has 0 aromatic heterocycles. The third-order valence-corrected chi connectivity index (χ3v) is 23.3. The molecule has 0 N–H and O–H groups in total. The molecule has 14 atom stereocenters. The van der Waals surface area contributed by atoms with Gasteiger partial charge in [-0.2, -0.15) is 0 Å². The average Bonchev–Trinajstić information content (AvgIpc) is 0.746. The summed E-state index contributed by atoms with van der Waals surface area (Å²) in [5.41, 5.74) is -28.4. The Balaban J connectivity index is 9.74. The van der Waals surface area contributed by atoms with Gasteiger partial charge < -0.3 is 71.1 Å². The highest BCUT2D eigenvalue weighted by Gasteiger charge is 2.64. The molecule has 0 rings (SSSR count). The molecule has 0 aromatic rings. The van der Waals surface area contributed by atoms with Crippen molar-refractivity contribution in [2.75, 3.05) is 99.1 Å². The van der Waals surface area contributed by atoms with Crippen LogP contribution in [-0.2, 0) is 143 Å². The van der Waals surface area contributed by atoms with Crippen LogP contribution >= 0.6 is 0 Å². The molecule has 0 radical (unpaired) electrons. The lowest BCUT2D eigenvalue weighted by Gasteiger charge is -2.48. The highest BCUT2D eigenvalue weighted by molar-refractivity contribution is 5.90. The third-order valence-electron chi connectivity index (χ3n) is 23.3. The minimum atomic E-state index is -2.12. The summed E-state index contributed by atoms with van der Waals surface area (Å²) in [6.07, 6.45) is -7.12. The number of esters is 15. The second-order valence-corrected chi connectivity index (χ2v) is 37.4. The molecule has 0 aliphatic carbocycles. The van der Waals surface area contributed by atoms with Crippen LogP contribution in [0.5, 0.6) is 0 Å². The van der Waals surface area contributed by atoms with Crippen LogP contribution in [0.1, 0.15) is 318 Å². The van der Waals surface area contributed by atoms with Crippen LogP contribution in [0, 0.1) is 81.2 Å². The Morgan fingerprint density at radius 2 is 0.213 bits per heavy atom. The van der Waals surface area contributed by atoms with Crippen LogP contribution < -0.4 is 0 Å². The number of carbonyl (C=O) groups is 15. The second-order valence-electron chi connectivity index (χ2n) is 37.4. The predicted molar refractivity (Wildman–Crippen MR) is 452 cm³/mol. The average molecular weight is 1740 g/mol. The normalized spacial score (nSPS) is 18.6. The van der Waals surface area contributed by atoms with Gasteiger partial charge in [0.15, 0.2) is 0 Å². The Labute approximate surface area is 727 Å². The summed E-state index contributed by atoms with van der Waals surface area (Å²) < 4.78 is 87.0. The van der Waals surface area contributed by atoms with Crippen molar-refractivity contribution in [2.45, 2.75) is 318 Å². The molecule has 14 unspecified atom stereocenters. The topological polar surface area (TPSA) is 394 Å². The summed E-state index contributed by atoms with van der Waals surface area (Å²) in [6, 6.07) is 0. The van der Waals surface area contributed by atoms with Crippen LogP contribution in [0.2, 0.25) is 0 Å². The van der Waals surface area contributed by atoms with Gasteiger partial charge in [-0.1, -0.05) is 6.92 Å². The number of hydrogen-bond acceptors (Lipinski definition) is 30. The van der Waals surface area contributed by atoms with E-state index in [2.05, 4.69) is 0 Å². The van der Waals surface area contributed by atoms with E-state index in [0.717, 1.165) is 0 Å². The van der Waals surface area contributed by atoms with Crippen molar-refractivity contribution in [2.24, 2.45) is 81.2 Å². The molecular formula is C92H156O30. The monoisotopic (exact) mass is 1740 g/mol. The molecule has 0 bridgehead atoms. The Morgan fingerprint density at radius 1 is 0.131 bits per heavy atom. The Kier molecular flexibility index (Phi) is 44.8. The standard InChI is InChI=1S/C92H156O30/c1-33-79(19,64(94)109-35-3)50-81(21,66(96)111-37-5)52-83(23,68(98)113-39-7)54-85(25,70(100)115-41-9)56-87(27,72(102)117-43-11)58-89(29,74(104)119-45-13)60-91(31,76(106)121-47-15)62-92(32,77(107)122-48-16)61-90(30,75(105)120-46-14)59-88(28,73(103)118-44-12)57-86(26,71(101)116-42-10)55-84(24,69(99)114-40-8)53-82(22,67(97)112-38-6)51-80(20,65(95)110-36-4)49-78(17,18)63(93)108-34-2/h33-62H2,1-32H3. The van der Waals surface area contributed by atoms with Crippen LogP contribution in [0.4, 0.5) is 0 Å². The maximum atomic E-state index is 15.6. The van der Waals surface area contributed by atoms with Crippen LogP contribution in [0.15, 0.2) is 0 Å². The maximum absolute atomic E-state index is 15.6. The fourth-order valence-corrected chi connectivity index (χ4v) is 19.9. The molecule has 0 saturated heterocycles. The molecule has 0 aromatic carbocycles. The van der Waals surface area contributed by atoms with Crippen molar-refractivity contribution in [3.63, 3.8) is 0 Å². The SMILES string of the molecule is CCOC(=O)C(C)(C)CC(C)(CC(C)(CC(C)(CC(C)(CC(C)(CC(C)(CC(C)(CC(C)(CC(C)(CC(C)(CC(C)(CC(C)(CC(C)(CC(C)(CC)C(=O)OCC)C(=O)OCC)C(=O)OCC)C(=O)OCC)C(=O)OCC)C(=O)OCC)C(=O)OCC)C(=O)OCC)C(=O)OCC)C(=O)OCC)C(=O)OCC)C(=O)OCC)C(=O)OCC)C(=O)OCC. The summed E-state index contributed by atoms with van der Waals surface area (Å²) in [7, 11) is 0. The molecule has 0 aliphatic heterocycles.